The summed E-state index contributed by atoms with van der Waals surface area (Å²) >= 11 is 0. The number of carbonyl (C=O) groups excluding carboxylic acids is 3. The molecule has 0 radical (unpaired) electrons. The molecule has 7 heteroatoms. The average Bonchev–Trinajstić information content (AvgIpc) is 2.63. The van der Waals surface area contributed by atoms with Gasteiger partial charge in [-0.05, 0) is 26.0 Å². The van der Waals surface area contributed by atoms with Crippen LogP contribution in [0.2, 0.25) is 0 Å². The summed E-state index contributed by atoms with van der Waals surface area (Å²) in [6.07, 6.45) is 1.47. The highest BCUT2D eigenvalue weighted by molar-refractivity contribution is 6.20. The van der Waals surface area contributed by atoms with Gasteiger partial charge >= 0.3 is 6.03 Å². The molecule has 1 aromatic heterocycles. The van der Waals surface area contributed by atoms with E-state index in [2.05, 4.69) is 15.6 Å². The van der Waals surface area contributed by atoms with Gasteiger partial charge in [-0.15, -0.1) is 0 Å². The van der Waals surface area contributed by atoms with E-state index in [9.17, 15) is 14.4 Å². The second kappa shape index (κ2) is 5.68. The summed E-state index contributed by atoms with van der Waals surface area (Å²) in [5, 5.41) is 5.25. The molecule has 0 atom stereocenters. The molecular weight excluding hydrogens is 260 g/mol. The molecule has 0 aliphatic carbocycles. The van der Waals surface area contributed by atoms with Gasteiger partial charge in [-0.1, -0.05) is 0 Å². The first-order valence-corrected chi connectivity index (χ1v) is 6.36. The average molecular weight is 276 g/mol. The minimum Gasteiger partial charge on any atom is -0.336 e. The molecule has 2 rings (SSSR count). The van der Waals surface area contributed by atoms with Crippen LogP contribution in [-0.2, 0) is 0 Å². The van der Waals surface area contributed by atoms with E-state index in [0.29, 0.717) is 5.56 Å². The van der Waals surface area contributed by atoms with Gasteiger partial charge in [-0.25, -0.2) is 4.79 Å². The van der Waals surface area contributed by atoms with Crippen LogP contribution in [0.15, 0.2) is 18.3 Å². The molecule has 20 heavy (non-hydrogen) atoms. The van der Waals surface area contributed by atoms with Crippen LogP contribution >= 0.6 is 0 Å². The number of nitrogens with one attached hydrogen (secondary N) is 2. The Labute approximate surface area is 116 Å². The minimum absolute atomic E-state index is 0.0264. The Morgan fingerprint density at radius 3 is 2.75 bits per heavy atom. The van der Waals surface area contributed by atoms with Crippen LogP contribution in [0.25, 0.3) is 0 Å². The smallest absolute Gasteiger partial charge is 0.315 e. The fraction of sp³-hybridized carbons (Fsp3) is 0.385. The number of hydrogen-bond acceptors (Lipinski definition) is 4. The summed E-state index contributed by atoms with van der Waals surface area (Å²) in [5.41, 5.74) is 0.480. The lowest BCUT2D eigenvalue weighted by molar-refractivity contribution is 0.0654. The Balaban J connectivity index is 1.91. The number of amides is 4. The maximum Gasteiger partial charge on any atom is 0.315 e. The van der Waals surface area contributed by atoms with Crippen molar-refractivity contribution >= 4 is 17.8 Å². The first kappa shape index (κ1) is 14.0. The molecule has 0 unspecified atom stereocenters. The number of nitrogens with zero attached hydrogens (tertiary/aromatic N) is 2. The van der Waals surface area contributed by atoms with Crippen molar-refractivity contribution in [2.45, 2.75) is 19.9 Å². The Kier molecular flexibility index (Phi) is 3.97. The topological polar surface area (TPSA) is 91.4 Å². The molecule has 0 aromatic carbocycles. The van der Waals surface area contributed by atoms with E-state index >= 15 is 0 Å². The zero-order valence-electron chi connectivity index (χ0n) is 11.3. The van der Waals surface area contributed by atoms with Crippen molar-refractivity contribution in [2.75, 3.05) is 13.1 Å². The maximum atomic E-state index is 12.0. The first-order chi connectivity index (χ1) is 9.50. The van der Waals surface area contributed by atoms with Gasteiger partial charge < -0.3 is 10.6 Å². The fourth-order valence-corrected chi connectivity index (χ4v) is 1.91. The summed E-state index contributed by atoms with van der Waals surface area (Å²) in [6.45, 7) is 4.01. The van der Waals surface area contributed by atoms with E-state index in [4.69, 9.17) is 0 Å². The highest BCUT2D eigenvalue weighted by atomic mass is 16.2. The van der Waals surface area contributed by atoms with Crippen molar-refractivity contribution in [3.05, 3.63) is 29.6 Å². The lowest BCUT2D eigenvalue weighted by Crippen LogP contribution is -2.43. The van der Waals surface area contributed by atoms with Gasteiger partial charge in [0.1, 0.15) is 5.69 Å². The number of fused-ring (bicyclic) bond motifs is 1. The first-order valence-electron chi connectivity index (χ1n) is 6.36. The van der Waals surface area contributed by atoms with Gasteiger partial charge in [-0.3, -0.25) is 19.5 Å². The van der Waals surface area contributed by atoms with Crippen LogP contribution in [0.3, 0.4) is 0 Å². The number of aromatic nitrogens is 1. The van der Waals surface area contributed by atoms with E-state index in [1.165, 1.54) is 6.20 Å². The molecule has 1 aromatic rings. The molecule has 2 N–H and O–H groups in total. The van der Waals surface area contributed by atoms with Crippen LogP contribution in [0.5, 0.6) is 0 Å². The molecule has 4 amide bonds. The quantitative estimate of drug-likeness (QED) is 0.778. The largest absolute Gasteiger partial charge is 0.336 e. The van der Waals surface area contributed by atoms with E-state index in [0.717, 1.165) is 4.90 Å². The third-order valence-corrected chi connectivity index (χ3v) is 2.77. The van der Waals surface area contributed by atoms with Gasteiger partial charge in [0.05, 0.1) is 5.56 Å². The summed E-state index contributed by atoms with van der Waals surface area (Å²) in [7, 11) is 0. The molecule has 7 nitrogen and oxygen atoms in total. The number of rotatable bonds is 4. The molecule has 1 aliphatic heterocycles. The third-order valence-electron chi connectivity index (χ3n) is 2.77. The molecular formula is C13H16N4O3. The highest BCUT2D eigenvalue weighted by Gasteiger charge is 2.36. The predicted octanol–water partition coefficient (Wildman–Crippen LogP) is 0.385. The van der Waals surface area contributed by atoms with Crippen LogP contribution < -0.4 is 10.6 Å². The van der Waals surface area contributed by atoms with E-state index in [1.807, 2.05) is 13.8 Å². The van der Waals surface area contributed by atoms with E-state index in [-0.39, 0.29) is 36.8 Å². The predicted molar refractivity (Wildman–Crippen MR) is 71.3 cm³/mol. The van der Waals surface area contributed by atoms with Crippen molar-refractivity contribution in [1.29, 1.82) is 0 Å². The Bertz CT molecular complexity index is 521. The van der Waals surface area contributed by atoms with Crippen molar-refractivity contribution in [3.63, 3.8) is 0 Å². The molecule has 2 heterocycles. The summed E-state index contributed by atoms with van der Waals surface area (Å²) in [4.78, 5) is 40.4. The van der Waals surface area contributed by atoms with E-state index < -0.39 is 5.91 Å². The van der Waals surface area contributed by atoms with Crippen LogP contribution in [-0.4, -0.2) is 46.9 Å². The SMILES string of the molecule is CC(C)NC(=O)NCCN1C(=O)c2cccnc2C1=O. The summed E-state index contributed by atoms with van der Waals surface area (Å²) < 4.78 is 0. The van der Waals surface area contributed by atoms with Crippen LogP contribution in [0, 0.1) is 0 Å². The zero-order valence-corrected chi connectivity index (χ0v) is 11.3. The normalized spacial score (nSPS) is 13.7. The molecule has 1 aliphatic rings. The van der Waals surface area contributed by atoms with E-state index in [1.54, 1.807) is 12.1 Å². The zero-order chi connectivity index (χ0) is 14.7. The lowest BCUT2D eigenvalue weighted by Gasteiger charge is -2.15. The molecule has 0 bridgehead atoms. The van der Waals surface area contributed by atoms with Crippen LogP contribution in [0.1, 0.15) is 34.7 Å². The second-order valence-corrected chi connectivity index (χ2v) is 4.72. The molecule has 0 saturated carbocycles. The minimum atomic E-state index is -0.420. The van der Waals surface area contributed by atoms with Gasteiger partial charge in [0.25, 0.3) is 11.8 Å². The second-order valence-electron chi connectivity index (χ2n) is 4.72. The fourth-order valence-electron chi connectivity index (χ4n) is 1.91. The highest BCUT2D eigenvalue weighted by Crippen LogP contribution is 2.19. The number of imide groups is 1. The number of hydrogen-bond donors (Lipinski definition) is 2. The lowest BCUT2D eigenvalue weighted by atomic mass is 10.2. The third kappa shape index (κ3) is 2.76. The monoisotopic (exact) mass is 276 g/mol. The van der Waals surface area contributed by atoms with Crippen molar-refractivity contribution in [1.82, 2.24) is 20.5 Å². The standard InChI is InChI=1S/C13H16N4O3/c1-8(2)16-13(20)15-6-7-17-11(18)9-4-3-5-14-10(9)12(17)19/h3-5,8H,6-7H2,1-2H3,(H2,15,16,20). The van der Waals surface area contributed by atoms with Gasteiger partial charge in [0.2, 0.25) is 0 Å². The molecule has 106 valence electrons. The molecule has 0 spiro atoms. The van der Waals surface area contributed by atoms with Crippen molar-refractivity contribution in [3.8, 4) is 0 Å². The Hall–Kier alpha value is -2.44. The molecule has 0 fully saturated rings. The van der Waals surface area contributed by atoms with Gasteiger partial charge in [0, 0.05) is 25.3 Å². The van der Waals surface area contributed by atoms with Gasteiger partial charge in [-0.2, -0.15) is 0 Å². The Morgan fingerprint density at radius 1 is 1.35 bits per heavy atom. The Morgan fingerprint density at radius 2 is 2.10 bits per heavy atom. The summed E-state index contributed by atoms with van der Waals surface area (Å²) in [5.74, 6) is -0.791. The number of carbonyl (C=O) groups is 3. The molecule has 0 saturated heterocycles. The van der Waals surface area contributed by atoms with Gasteiger partial charge in [0.15, 0.2) is 0 Å². The maximum absolute atomic E-state index is 12.0. The number of urea groups is 1. The van der Waals surface area contributed by atoms with Crippen LogP contribution in [0.4, 0.5) is 4.79 Å². The van der Waals surface area contributed by atoms with Crippen molar-refractivity contribution in [2.24, 2.45) is 0 Å². The van der Waals surface area contributed by atoms with Crippen molar-refractivity contribution < 1.29 is 14.4 Å². The number of pyridine rings is 1. The summed E-state index contributed by atoms with van der Waals surface area (Å²) in [6, 6.07) is 2.89.